The summed E-state index contributed by atoms with van der Waals surface area (Å²) in [5, 5.41) is 10.4. The first-order valence-corrected chi connectivity index (χ1v) is 13.9. The van der Waals surface area contributed by atoms with Crippen LogP contribution in [0.4, 0.5) is 0 Å². The number of rotatable bonds is 11. The number of methoxy groups -OCH3 is 3. The number of benzene rings is 3. The van der Waals surface area contributed by atoms with Crippen LogP contribution < -0.4 is 18.9 Å². The number of Topliss-reactive ketones (excluding diaryl/α,β-unsaturated/α-hetero) is 1. The lowest BCUT2D eigenvalue weighted by molar-refractivity contribution is -0.130. The van der Waals surface area contributed by atoms with Crippen LogP contribution in [0.2, 0.25) is 0 Å². The molecule has 1 aliphatic carbocycles. The van der Waals surface area contributed by atoms with Gasteiger partial charge in [-0.2, -0.15) is 8.75 Å². The van der Waals surface area contributed by atoms with E-state index in [0.29, 0.717) is 50.7 Å². The Labute approximate surface area is 241 Å². The Bertz CT molecular complexity index is 1580. The molecule has 1 heterocycles. The molecule has 1 aromatic heterocycles. The van der Waals surface area contributed by atoms with Crippen molar-refractivity contribution in [3.05, 3.63) is 76.9 Å². The summed E-state index contributed by atoms with van der Waals surface area (Å²) in [5.41, 5.74) is 2.50. The Morgan fingerprint density at radius 1 is 0.854 bits per heavy atom. The number of carbonyl (C=O) groups is 2. The Balaban J connectivity index is 1.64. The van der Waals surface area contributed by atoms with Crippen LogP contribution in [0, 0.1) is 0 Å². The number of allylic oxidation sites excluding steroid dienone is 1. The second-order valence-electron chi connectivity index (χ2n) is 9.71. The summed E-state index contributed by atoms with van der Waals surface area (Å²) in [6.45, 7) is 0. The summed E-state index contributed by atoms with van der Waals surface area (Å²) in [4.78, 5) is 26.8. The lowest BCUT2D eigenvalue weighted by Gasteiger charge is -2.20. The molecular formula is C31H30N2O7S. The van der Waals surface area contributed by atoms with Crippen molar-refractivity contribution < 1.29 is 33.6 Å². The highest BCUT2D eigenvalue weighted by Gasteiger charge is 2.27. The fourth-order valence-corrected chi connectivity index (χ4v) is 5.61. The van der Waals surface area contributed by atoms with E-state index in [1.807, 2.05) is 0 Å². The first kappa shape index (κ1) is 28.1. The normalized spacial score (nSPS) is 14.0. The van der Waals surface area contributed by atoms with Crippen LogP contribution >= 0.6 is 11.7 Å². The predicted molar refractivity (Wildman–Crippen MR) is 155 cm³/mol. The van der Waals surface area contributed by atoms with E-state index < -0.39 is 11.8 Å². The lowest BCUT2D eigenvalue weighted by atomic mass is 9.89. The smallest absolute Gasteiger partial charge is 0.336 e. The molecular weight excluding hydrogens is 544 g/mol. The number of nitrogens with zero attached hydrogens (tertiary/aromatic N) is 2. The van der Waals surface area contributed by atoms with Gasteiger partial charge in [0, 0.05) is 17.6 Å². The molecule has 0 radical (unpaired) electrons. The summed E-state index contributed by atoms with van der Waals surface area (Å²) in [6.07, 6.45) is 4.20. The molecule has 1 fully saturated rings. The number of aliphatic carboxylic acids is 1. The summed E-state index contributed by atoms with van der Waals surface area (Å²) in [5.74, 6) is 0.330. The number of carbonyl (C=O) groups excluding carboxylic acids is 1. The standard InChI is InChI=1S/C31H30N2O7S/c1-37-21-11-8-19(9-12-21)29(34)23(28(31(35)36)20-10-13-24-25(17-20)33-41-32-24)14-18-15-26(38-2)30(27(16-18)39-3)40-22-6-4-5-7-22/h8-13,15-17,22H,4-7,14H2,1-3H3,(H,35,36)/b28-23+. The molecule has 0 aliphatic heterocycles. The van der Waals surface area contributed by atoms with E-state index in [-0.39, 0.29) is 23.7 Å². The number of aromatic nitrogens is 2. The third-order valence-electron chi connectivity index (χ3n) is 7.17. The number of ether oxygens (including phenoxy) is 4. The number of fused-ring (bicyclic) bond motifs is 1. The van der Waals surface area contributed by atoms with Gasteiger partial charge in [-0.1, -0.05) is 6.07 Å². The topological polar surface area (TPSA) is 117 Å². The van der Waals surface area contributed by atoms with E-state index in [9.17, 15) is 14.7 Å². The van der Waals surface area contributed by atoms with Crippen molar-refractivity contribution in [3.8, 4) is 23.0 Å². The highest BCUT2D eigenvalue weighted by atomic mass is 32.1. The maximum atomic E-state index is 14.0. The average Bonchev–Trinajstić information content (AvgIpc) is 3.69. The van der Waals surface area contributed by atoms with Crippen molar-refractivity contribution in [3.63, 3.8) is 0 Å². The molecule has 0 atom stereocenters. The molecule has 4 aromatic rings. The first-order valence-electron chi connectivity index (χ1n) is 13.2. The minimum absolute atomic E-state index is 0.00369. The van der Waals surface area contributed by atoms with Crippen molar-refractivity contribution in [2.45, 2.75) is 38.2 Å². The summed E-state index contributed by atoms with van der Waals surface area (Å²) >= 11 is 1.04. The predicted octanol–water partition coefficient (Wildman–Crippen LogP) is 6.00. The van der Waals surface area contributed by atoms with Gasteiger partial charge in [0.2, 0.25) is 5.75 Å². The second kappa shape index (κ2) is 12.4. The zero-order valence-electron chi connectivity index (χ0n) is 23.0. The van der Waals surface area contributed by atoms with Crippen LogP contribution in [0.25, 0.3) is 16.6 Å². The van der Waals surface area contributed by atoms with Gasteiger partial charge >= 0.3 is 5.97 Å². The largest absolute Gasteiger partial charge is 0.497 e. The van der Waals surface area contributed by atoms with Crippen molar-refractivity contribution in [2.75, 3.05) is 21.3 Å². The quantitative estimate of drug-likeness (QED) is 0.170. The highest BCUT2D eigenvalue weighted by molar-refractivity contribution is 7.00. The first-order chi connectivity index (χ1) is 19.9. The zero-order valence-corrected chi connectivity index (χ0v) is 23.8. The van der Waals surface area contributed by atoms with Crippen molar-refractivity contribution in [1.82, 2.24) is 8.75 Å². The molecule has 0 spiro atoms. The second-order valence-corrected chi connectivity index (χ2v) is 10.2. The van der Waals surface area contributed by atoms with Crippen molar-refractivity contribution in [1.29, 1.82) is 0 Å². The average molecular weight is 575 g/mol. The molecule has 3 aromatic carbocycles. The van der Waals surface area contributed by atoms with Crippen molar-refractivity contribution >= 4 is 40.1 Å². The molecule has 212 valence electrons. The van der Waals surface area contributed by atoms with Gasteiger partial charge < -0.3 is 24.1 Å². The Morgan fingerprint density at radius 3 is 2.10 bits per heavy atom. The fourth-order valence-electron chi connectivity index (χ4n) is 5.09. The minimum atomic E-state index is -1.23. The van der Waals surface area contributed by atoms with Crippen LogP contribution in [-0.2, 0) is 11.2 Å². The number of carboxylic acids is 1. The van der Waals surface area contributed by atoms with Gasteiger partial charge in [0.1, 0.15) is 16.8 Å². The van der Waals surface area contributed by atoms with Crippen LogP contribution in [0.3, 0.4) is 0 Å². The third kappa shape index (κ3) is 6.02. The lowest BCUT2D eigenvalue weighted by Crippen LogP contribution is -2.15. The van der Waals surface area contributed by atoms with Crippen LogP contribution in [0.1, 0.15) is 47.2 Å². The third-order valence-corrected chi connectivity index (χ3v) is 7.73. The molecule has 1 N–H and O–H groups in total. The van der Waals surface area contributed by atoms with E-state index in [1.54, 1.807) is 68.8 Å². The molecule has 0 unspecified atom stereocenters. The number of carboxylic acid groups (broad SMARTS) is 1. The van der Waals surface area contributed by atoms with Crippen molar-refractivity contribution in [2.24, 2.45) is 0 Å². The van der Waals surface area contributed by atoms with E-state index in [1.165, 1.54) is 7.11 Å². The number of hydrogen-bond acceptors (Lipinski definition) is 9. The molecule has 0 amide bonds. The summed E-state index contributed by atoms with van der Waals surface area (Å²) < 4.78 is 31.3. The summed E-state index contributed by atoms with van der Waals surface area (Å²) in [7, 11) is 4.62. The number of hydrogen-bond donors (Lipinski definition) is 1. The zero-order chi connectivity index (χ0) is 28.9. The Hall–Kier alpha value is -4.44. The van der Waals surface area contributed by atoms with Gasteiger partial charge in [0.15, 0.2) is 17.3 Å². The molecule has 0 bridgehead atoms. The monoisotopic (exact) mass is 574 g/mol. The SMILES string of the molecule is COc1ccc(C(=O)/C(Cc2cc(OC)c(OC3CCCC3)c(OC)c2)=C(/C(=O)O)c2ccc3nsnc3c2)cc1. The van der Waals surface area contributed by atoms with Gasteiger partial charge in [-0.25, -0.2) is 4.79 Å². The van der Waals surface area contributed by atoms with Gasteiger partial charge in [0.05, 0.1) is 44.7 Å². The summed E-state index contributed by atoms with van der Waals surface area (Å²) in [6, 6.07) is 15.1. The van der Waals surface area contributed by atoms with E-state index >= 15 is 0 Å². The van der Waals surface area contributed by atoms with E-state index in [0.717, 1.165) is 37.4 Å². The maximum Gasteiger partial charge on any atom is 0.336 e. The molecule has 9 nitrogen and oxygen atoms in total. The van der Waals surface area contributed by atoms with Gasteiger partial charge in [-0.15, -0.1) is 0 Å². The Kier molecular flexibility index (Phi) is 8.49. The highest BCUT2D eigenvalue weighted by Crippen LogP contribution is 2.42. The van der Waals surface area contributed by atoms with Gasteiger partial charge in [0.25, 0.3) is 0 Å². The maximum absolute atomic E-state index is 14.0. The van der Waals surface area contributed by atoms with Crippen LogP contribution in [0.5, 0.6) is 23.0 Å². The molecule has 1 aliphatic rings. The molecule has 0 saturated heterocycles. The molecule has 10 heteroatoms. The van der Waals surface area contributed by atoms with Gasteiger partial charge in [-0.05, 0) is 85.3 Å². The van der Waals surface area contributed by atoms with E-state index in [2.05, 4.69) is 8.75 Å². The molecule has 1 saturated carbocycles. The van der Waals surface area contributed by atoms with Gasteiger partial charge in [-0.3, -0.25) is 4.79 Å². The molecule has 5 rings (SSSR count). The van der Waals surface area contributed by atoms with Crippen LogP contribution in [0.15, 0.2) is 60.2 Å². The number of ketones is 1. The molecule has 41 heavy (non-hydrogen) atoms. The minimum Gasteiger partial charge on any atom is -0.497 e. The fraction of sp³-hybridized carbons (Fsp3) is 0.290. The van der Waals surface area contributed by atoms with Crippen LogP contribution in [-0.4, -0.2) is 53.0 Å². The Morgan fingerprint density at radius 2 is 1.49 bits per heavy atom. The van der Waals surface area contributed by atoms with E-state index in [4.69, 9.17) is 18.9 Å².